The summed E-state index contributed by atoms with van der Waals surface area (Å²) in [5.74, 6) is -4.25. The van der Waals surface area contributed by atoms with E-state index in [9.17, 15) is 39.2 Å². The second kappa shape index (κ2) is 23.7. The molecular formula is C45H46ClF4N9O9S2. The van der Waals surface area contributed by atoms with Gasteiger partial charge in [0.2, 0.25) is 0 Å². The molecule has 3 heterocycles. The third kappa shape index (κ3) is 13.6. The van der Waals surface area contributed by atoms with Crippen LogP contribution in [0.4, 0.5) is 40.4 Å². The van der Waals surface area contributed by atoms with Crippen molar-refractivity contribution in [2.24, 2.45) is 0 Å². The molecule has 7 rings (SSSR count). The van der Waals surface area contributed by atoms with Gasteiger partial charge in [-0.25, -0.2) is 41.4 Å². The molecule has 4 N–H and O–H groups in total. The molecule has 6 aromatic rings. The van der Waals surface area contributed by atoms with Crippen molar-refractivity contribution in [1.29, 1.82) is 0 Å². The summed E-state index contributed by atoms with van der Waals surface area (Å²) >= 11 is 6.24. The number of nitrogens with one attached hydrogen (secondary N) is 4. The van der Waals surface area contributed by atoms with Gasteiger partial charge in [-0.1, -0.05) is 23.7 Å². The molecule has 25 heteroatoms. The fourth-order valence-electron chi connectivity index (χ4n) is 6.85. The number of anilines is 4. The number of rotatable bonds is 23. The van der Waals surface area contributed by atoms with E-state index in [1.165, 1.54) is 28.7 Å². The van der Waals surface area contributed by atoms with Crippen LogP contribution in [0.15, 0.2) is 96.2 Å². The maximum atomic E-state index is 14.6. The average molecular weight is 1030 g/mol. The molecule has 70 heavy (non-hydrogen) atoms. The largest absolute Gasteiger partial charge is 0.378 e. The van der Waals surface area contributed by atoms with E-state index in [0.717, 1.165) is 36.4 Å². The normalized spacial score (nSPS) is 13.4. The average Bonchev–Trinajstić information content (AvgIpc) is 3.34. The fourth-order valence-corrected chi connectivity index (χ4v) is 9.28. The number of pyridine rings is 1. The summed E-state index contributed by atoms with van der Waals surface area (Å²) in [7, 11) is -7.90. The van der Waals surface area contributed by atoms with Gasteiger partial charge in [0.25, 0.3) is 26.1 Å². The van der Waals surface area contributed by atoms with Gasteiger partial charge in [-0.3, -0.25) is 19.3 Å². The van der Waals surface area contributed by atoms with E-state index in [1.807, 2.05) is 4.90 Å². The molecule has 1 fully saturated rings. The number of hydroxylamine groups is 1. The van der Waals surface area contributed by atoms with Crippen molar-refractivity contribution in [1.82, 2.24) is 29.5 Å². The summed E-state index contributed by atoms with van der Waals surface area (Å²) in [5, 5.41) is 2.36. The highest BCUT2D eigenvalue weighted by Crippen LogP contribution is 2.31. The monoisotopic (exact) mass is 1030 g/mol. The number of nitrogens with zero attached hydrogens (tertiary/aromatic N) is 5. The number of carbonyl (C=O) groups excluding carboxylic acids is 1. The summed E-state index contributed by atoms with van der Waals surface area (Å²) in [4.78, 5) is 33.0. The zero-order valence-electron chi connectivity index (χ0n) is 37.3. The van der Waals surface area contributed by atoms with Gasteiger partial charge in [-0.15, -0.1) is 0 Å². The number of carbonyl (C=O) groups is 1. The highest BCUT2D eigenvalue weighted by Gasteiger charge is 2.28. The Morgan fingerprint density at radius 2 is 1.41 bits per heavy atom. The van der Waals surface area contributed by atoms with Crippen LogP contribution in [0, 0.1) is 30.2 Å². The van der Waals surface area contributed by atoms with Crippen LogP contribution in [0.5, 0.6) is 0 Å². The maximum Gasteiger partial charge on any atom is 0.279 e. The predicted octanol–water partition coefficient (Wildman–Crippen LogP) is 6.12. The molecular weight excluding hydrogens is 986 g/mol. The number of ether oxygens (including phenoxy) is 3. The van der Waals surface area contributed by atoms with Crippen molar-refractivity contribution in [3.05, 3.63) is 131 Å². The van der Waals surface area contributed by atoms with Crippen molar-refractivity contribution >= 4 is 71.7 Å². The first-order chi connectivity index (χ1) is 33.6. The minimum Gasteiger partial charge on any atom is -0.378 e. The van der Waals surface area contributed by atoms with Gasteiger partial charge in [-0.2, -0.15) is 17.4 Å². The van der Waals surface area contributed by atoms with Crippen LogP contribution in [0.25, 0.3) is 22.2 Å². The lowest BCUT2D eigenvalue weighted by Crippen LogP contribution is -2.52. The maximum absolute atomic E-state index is 14.6. The van der Waals surface area contributed by atoms with Crippen LogP contribution < -0.4 is 25.1 Å². The summed E-state index contributed by atoms with van der Waals surface area (Å²) < 4.78 is 131. The number of piperazine rings is 1. The first-order valence-electron chi connectivity index (χ1n) is 21.5. The van der Waals surface area contributed by atoms with E-state index < -0.39 is 55.1 Å². The molecule has 0 aliphatic carbocycles. The van der Waals surface area contributed by atoms with E-state index in [1.54, 1.807) is 37.4 Å². The predicted molar refractivity (Wildman–Crippen MR) is 252 cm³/mol. The zero-order chi connectivity index (χ0) is 49.8. The highest BCUT2D eigenvalue weighted by atomic mass is 35.5. The number of benzene rings is 4. The highest BCUT2D eigenvalue weighted by molar-refractivity contribution is 7.92. The number of hydrogen-bond acceptors (Lipinski definition) is 14. The van der Waals surface area contributed by atoms with Crippen molar-refractivity contribution in [2.75, 3.05) is 93.9 Å². The number of aromatic nitrogens is 3. The van der Waals surface area contributed by atoms with Gasteiger partial charge in [-0.05, 0) is 84.8 Å². The molecule has 1 amide bonds. The van der Waals surface area contributed by atoms with Crippen LogP contribution >= 0.6 is 11.6 Å². The van der Waals surface area contributed by atoms with Gasteiger partial charge < -0.3 is 24.4 Å². The van der Waals surface area contributed by atoms with Gasteiger partial charge in [0.15, 0.2) is 16.8 Å². The molecule has 1 aliphatic rings. The van der Waals surface area contributed by atoms with Crippen molar-refractivity contribution in [3.8, 4) is 11.1 Å². The number of sulfonamides is 1. The Kier molecular flexibility index (Phi) is 17.5. The second-order valence-corrected chi connectivity index (χ2v) is 19.1. The van der Waals surface area contributed by atoms with E-state index >= 15 is 0 Å². The summed E-state index contributed by atoms with van der Waals surface area (Å²) in [5.41, 5.74) is 4.05. The van der Waals surface area contributed by atoms with E-state index in [-0.39, 0.29) is 92.9 Å². The Morgan fingerprint density at radius 3 is 2.13 bits per heavy atom. The van der Waals surface area contributed by atoms with Crippen molar-refractivity contribution in [2.45, 2.75) is 11.8 Å². The molecule has 0 atom stereocenters. The SMILES string of the molecule is Cc1ccc(Nc2c(C(=O)NOCCOCCOCCOCCNS(=O)(=O)N3CCN(c4cnc5ccc(-c6cnc(Cl)c(NS(=O)(=O)c7ccc(F)cc7)c6)cc5n4)CC3)ccc(F)c2F)c(F)c1. The summed E-state index contributed by atoms with van der Waals surface area (Å²) in [6.45, 7) is 3.62. The Bertz CT molecular complexity index is 3030. The smallest absolute Gasteiger partial charge is 0.279 e. The fraction of sp³-hybridized carbons (Fsp3) is 0.289. The molecule has 0 spiro atoms. The van der Waals surface area contributed by atoms with Crippen LogP contribution in [0.1, 0.15) is 15.9 Å². The summed E-state index contributed by atoms with van der Waals surface area (Å²) in [6, 6.07) is 17.1. The molecule has 18 nitrogen and oxygen atoms in total. The molecule has 0 unspecified atom stereocenters. The van der Waals surface area contributed by atoms with Gasteiger partial charge >= 0.3 is 0 Å². The molecule has 2 aromatic heterocycles. The lowest BCUT2D eigenvalue weighted by Gasteiger charge is -2.34. The molecule has 0 saturated carbocycles. The zero-order valence-corrected chi connectivity index (χ0v) is 39.7. The standard InChI is InChI=1S/C45H46ClF4N9O9S2/c1-29-2-10-37(36(49)24-29)55-43-34(8-9-35(48)42(43)50)45(60)56-68-23-22-67-21-20-66-19-18-65-17-12-53-70(63,64)59-15-13-58(14-16-59)41-28-51-38-11-3-30(25-39(38)54-41)31-26-40(44(46)52-27-31)57-69(61,62)33-6-4-32(47)5-7-33/h2-11,24-28,53,55,57H,12-23H2,1H3,(H,56,60). The molecule has 372 valence electrons. The minimum absolute atomic E-state index is 0.0231. The minimum atomic E-state index is -4.10. The molecule has 0 bridgehead atoms. The van der Waals surface area contributed by atoms with Crippen LogP contribution in [-0.2, 0) is 39.3 Å². The number of fused-ring (bicyclic) bond motifs is 1. The Labute approximate surface area is 405 Å². The third-order valence-corrected chi connectivity index (χ3v) is 13.8. The Morgan fingerprint density at radius 1 is 0.714 bits per heavy atom. The first-order valence-corrected chi connectivity index (χ1v) is 24.8. The molecule has 0 radical (unpaired) electrons. The van der Waals surface area contributed by atoms with Gasteiger partial charge in [0.05, 0.1) is 91.0 Å². The van der Waals surface area contributed by atoms with Crippen LogP contribution in [-0.4, -0.2) is 121 Å². The number of hydrogen-bond donors (Lipinski definition) is 4. The molecule has 4 aromatic carbocycles. The lowest BCUT2D eigenvalue weighted by atomic mass is 10.1. The van der Waals surface area contributed by atoms with Crippen molar-refractivity contribution < 1.29 is 58.2 Å². The van der Waals surface area contributed by atoms with E-state index in [4.69, 9.17) is 35.6 Å². The lowest BCUT2D eigenvalue weighted by molar-refractivity contribution is -0.0197. The Hall–Kier alpha value is -6.09. The van der Waals surface area contributed by atoms with E-state index in [0.29, 0.717) is 46.6 Å². The third-order valence-electron chi connectivity index (χ3n) is 10.5. The number of aryl methyl sites for hydroxylation is 1. The number of amides is 1. The topological polar surface area (TPSA) is 216 Å². The first kappa shape index (κ1) is 51.8. The Balaban J connectivity index is 0.763. The van der Waals surface area contributed by atoms with Crippen LogP contribution in [0.2, 0.25) is 5.15 Å². The van der Waals surface area contributed by atoms with Crippen molar-refractivity contribution in [3.63, 3.8) is 0 Å². The second-order valence-electron chi connectivity index (χ2n) is 15.3. The number of halogens is 5. The van der Waals surface area contributed by atoms with Crippen LogP contribution in [0.3, 0.4) is 0 Å². The van der Waals surface area contributed by atoms with Gasteiger partial charge in [0, 0.05) is 44.5 Å². The molecule has 1 saturated heterocycles. The summed E-state index contributed by atoms with van der Waals surface area (Å²) in [6.07, 6.45) is 3.10. The van der Waals surface area contributed by atoms with E-state index in [2.05, 4.69) is 30.2 Å². The quantitative estimate of drug-likeness (QED) is 0.0246. The molecule has 1 aliphatic heterocycles. The van der Waals surface area contributed by atoms with Gasteiger partial charge in [0.1, 0.15) is 17.5 Å².